The molecule has 0 radical (unpaired) electrons. The standard InChI is InChI=1S/C53H60FN3O12/c1-6-27-65-53-48(56(32-34-13-15-37(54)16-14-34)51(61)67-39-19-17-38(18-20-39)57(62)63)31-45(55-69-52(2,3)4)43-29-35(11-7-9-25-58)42(12-8-10-26-59)49(50(43)53)44-30-41(22-24-47(44)68-53)66-40-21-23-46(64-5)36(28-40)33-60/h6,13-24,28-30,33,35,42,48-50,58-59H,1,7-12,25-27,31-32H2,2-5H3. The minimum atomic E-state index is -1.69. The first-order valence-electron chi connectivity index (χ1n) is 23.3. The van der Waals surface area contributed by atoms with Crippen molar-refractivity contribution in [2.75, 3.05) is 26.9 Å². The number of carbonyl (C=O) groups excluding carboxylic acids is 2. The highest BCUT2D eigenvalue weighted by Crippen LogP contribution is 2.62. The molecule has 3 aliphatic rings. The van der Waals surface area contributed by atoms with Gasteiger partial charge in [0.25, 0.3) is 5.69 Å². The SMILES string of the molecule is C=CCOC12Oc3ccc(Oc4ccc(OC)c(C=O)c4)cc3C3C(CCCCO)C(CCCCO)C=C(C(=NOC(C)(C)C)CC1N(Cc1ccc(F)cc1)C(=O)Oc1ccc([N+](=O)[O-])cc1)C32. The maximum Gasteiger partial charge on any atom is 0.416 e. The molecular weight excluding hydrogens is 890 g/mol. The zero-order valence-electron chi connectivity index (χ0n) is 39.4. The highest BCUT2D eigenvalue weighted by molar-refractivity contribution is 6.03. The molecule has 4 aromatic carbocycles. The van der Waals surface area contributed by atoms with Crippen molar-refractivity contribution in [1.82, 2.24) is 4.90 Å². The Bertz CT molecular complexity index is 2520. The van der Waals surface area contributed by atoms with Crippen LogP contribution in [0.25, 0.3) is 0 Å². The summed E-state index contributed by atoms with van der Waals surface area (Å²) in [6, 6.07) is 20.3. The Balaban J connectivity index is 1.47. The molecule has 1 saturated carbocycles. The second-order valence-corrected chi connectivity index (χ2v) is 18.5. The number of ether oxygens (including phenoxy) is 5. The number of carbonyl (C=O) groups is 2. The van der Waals surface area contributed by atoms with E-state index in [0.717, 1.165) is 24.0 Å². The van der Waals surface area contributed by atoms with Crippen molar-refractivity contribution < 1.29 is 57.6 Å². The molecule has 0 bridgehead atoms. The van der Waals surface area contributed by atoms with Crippen LogP contribution in [0.3, 0.4) is 0 Å². The summed E-state index contributed by atoms with van der Waals surface area (Å²) in [5.74, 6) is -1.67. The minimum absolute atomic E-state index is 0.00400. The van der Waals surface area contributed by atoms with Crippen LogP contribution < -0.4 is 18.9 Å². The second-order valence-electron chi connectivity index (χ2n) is 18.5. The number of unbranched alkanes of at least 4 members (excludes halogenated alkanes) is 2. The number of rotatable bonds is 21. The van der Waals surface area contributed by atoms with Crippen molar-refractivity contribution in [2.24, 2.45) is 22.9 Å². The van der Waals surface area contributed by atoms with Crippen LogP contribution in [0.4, 0.5) is 14.9 Å². The van der Waals surface area contributed by atoms with Crippen molar-refractivity contribution in [3.63, 3.8) is 0 Å². The average molecular weight is 950 g/mol. The zero-order chi connectivity index (χ0) is 49.3. The number of aldehydes is 1. The van der Waals surface area contributed by atoms with Gasteiger partial charge in [-0.2, -0.15) is 0 Å². The molecule has 1 aliphatic heterocycles. The Morgan fingerprint density at radius 1 is 0.971 bits per heavy atom. The van der Waals surface area contributed by atoms with E-state index in [4.69, 9.17) is 33.7 Å². The lowest BCUT2D eigenvalue weighted by Crippen LogP contribution is -2.70. The van der Waals surface area contributed by atoms with E-state index in [9.17, 15) is 29.5 Å². The van der Waals surface area contributed by atoms with Crippen molar-refractivity contribution in [1.29, 1.82) is 0 Å². The van der Waals surface area contributed by atoms with Crippen LogP contribution in [0.1, 0.15) is 93.1 Å². The molecule has 0 aromatic heterocycles. The molecule has 16 heteroatoms. The van der Waals surface area contributed by atoms with Crippen LogP contribution in [-0.4, -0.2) is 82.5 Å². The van der Waals surface area contributed by atoms with Gasteiger partial charge in [0.1, 0.15) is 46.2 Å². The maximum atomic E-state index is 15.0. The number of aliphatic hydroxyl groups is 2. The molecule has 6 atom stereocenters. The van der Waals surface area contributed by atoms with Crippen LogP contribution in [0.5, 0.6) is 28.7 Å². The molecule has 6 unspecified atom stereocenters. The van der Waals surface area contributed by atoms with Gasteiger partial charge in [0.05, 0.1) is 35.8 Å². The molecule has 0 spiro atoms. The molecule has 2 aliphatic carbocycles. The Hall–Kier alpha value is -6.62. The molecule has 366 valence electrons. The summed E-state index contributed by atoms with van der Waals surface area (Å²) in [4.78, 5) is 45.7. The molecule has 7 rings (SSSR count). The minimum Gasteiger partial charge on any atom is -0.496 e. The molecule has 69 heavy (non-hydrogen) atoms. The molecule has 15 nitrogen and oxygen atoms in total. The number of nitrogens with zero attached hydrogens (tertiary/aromatic N) is 3. The number of allylic oxidation sites excluding steroid dienone is 1. The Kier molecular flexibility index (Phi) is 16.2. The predicted octanol–water partition coefficient (Wildman–Crippen LogP) is 10.5. The summed E-state index contributed by atoms with van der Waals surface area (Å²) in [6.45, 7) is 9.55. The van der Waals surface area contributed by atoms with E-state index in [-0.39, 0.29) is 56.1 Å². The van der Waals surface area contributed by atoms with Gasteiger partial charge < -0.3 is 38.7 Å². The van der Waals surface area contributed by atoms with Crippen LogP contribution >= 0.6 is 0 Å². The lowest BCUT2D eigenvalue weighted by molar-refractivity contribution is -0.384. The van der Waals surface area contributed by atoms with E-state index in [1.165, 1.54) is 48.4 Å². The van der Waals surface area contributed by atoms with Crippen molar-refractivity contribution in [2.45, 2.75) is 95.6 Å². The first kappa shape index (κ1) is 50.3. The number of oxime groups is 1. The second kappa shape index (κ2) is 22.2. The zero-order valence-corrected chi connectivity index (χ0v) is 39.4. The van der Waals surface area contributed by atoms with Crippen LogP contribution in [-0.2, 0) is 16.1 Å². The summed E-state index contributed by atoms with van der Waals surface area (Å²) >= 11 is 0. The third kappa shape index (κ3) is 11.5. The van der Waals surface area contributed by atoms with Crippen molar-refractivity contribution >= 4 is 23.8 Å². The summed E-state index contributed by atoms with van der Waals surface area (Å²) in [7, 11) is 1.48. The number of halogens is 1. The number of aliphatic hydroxyl groups excluding tert-OH is 2. The Labute approximate surface area is 401 Å². The van der Waals surface area contributed by atoms with E-state index in [1.807, 2.05) is 26.8 Å². The van der Waals surface area contributed by atoms with E-state index in [0.29, 0.717) is 71.8 Å². The maximum absolute atomic E-state index is 15.0. The number of nitro benzene ring substituents is 1. The van der Waals surface area contributed by atoms with Crippen molar-refractivity contribution in [3.05, 3.63) is 142 Å². The van der Waals surface area contributed by atoms with Crippen molar-refractivity contribution in [3.8, 4) is 28.7 Å². The normalized spacial score (nSPS) is 22.0. The van der Waals surface area contributed by atoms with Crippen LogP contribution in [0, 0.1) is 33.7 Å². The third-order valence-corrected chi connectivity index (χ3v) is 12.8. The lowest BCUT2D eigenvalue weighted by atomic mass is 9.55. The number of hydrogen-bond acceptors (Lipinski definition) is 13. The summed E-state index contributed by atoms with van der Waals surface area (Å²) in [5.41, 5.74) is 2.08. The summed E-state index contributed by atoms with van der Waals surface area (Å²) in [6.07, 6.45) is 7.68. The van der Waals surface area contributed by atoms with E-state index < -0.39 is 46.1 Å². The van der Waals surface area contributed by atoms with Gasteiger partial charge in [-0.15, -0.1) is 6.58 Å². The van der Waals surface area contributed by atoms with Crippen LogP contribution in [0.15, 0.2) is 114 Å². The molecule has 1 amide bonds. The molecular formula is C53H60FN3O12. The number of methoxy groups -OCH3 is 1. The fourth-order valence-electron chi connectivity index (χ4n) is 9.79. The van der Waals surface area contributed by atoms with E-state index >= 15 is 4.79 Å². The van der Waals surface area contributed by atoms with E-state index in [2.05, 4.69) is 12.7 Å². The fourth-order valence-corrected chi connectivity index (χ4v) is 9.79. The van der Waals surface area contributed by atoms with Gasteiger partial charge in [0, 0.05) is 49.8 Å². The molecule has 4 aromatic rings. The topological polar surface area (TPSA) is 189 Å². The third-order valence-electron chi connectivity index (χ3n) is 12.8. The van der Waals surface area contributed by atoms with Gasteiger partial charge in [0.15, 0.2) is 6.29 Å². The van der Waals surface area contributed by atoms with Gasteiger partial charge >= 0.3 is 6.09 Å². The van der Waals surface area contributed by atoms with Gasteiger partial charge in [-0.3, -0.25) is 19.8 Å². The monoisotopic (exact) mass is 949 g/mol. The Morgan fingerprint density at radius 2 is 1.65 bits per heavy atom. The van der Waals surface area contributed by atoms with Crippen LogP contribution in [0.2, 0.25) is 0 Å². The highest BCUT2D eigenvalue weighted by Gasteiger charge is 2.66. The fraction of sp³-hybridized carbons (Fsp3) is 0.415. The Morgan fingerprint density at radius 3 is 2.30 bits per heavy atom. The molecule has 1 fully saturated rings. The number of non-ortho nitro benzene ring substituents is 1. The molecule has 0 saturated heterocycles. The largest absolute Gasteiger partial charge is 0.496 e. The molecule has 2 N–H and O–H groups in total. The average Bonchev–Trinajstić information content (AvgIpc) is 3.33. The lowest BCUT2D eigenvalue weighted by Gasteiger charge is -2.60. The van der Waals surface area contributed by atoms with Gasteiger partial charge in [0.2, 0.25) is 5.79 Å². The van der Waals surface area contributed by atoms with Gasteiger partial charge in [-0.05, 0) is 130 Å². The van der Waals surface area contributed by atoms with Gasteiger partial charge in [-0.25, -0.2) is 9.18 Å². The first-order valence-corrected chi connectivity index (χ1v) is 23.3. The smallest absolute Gasteiger partial charge is 0.416 e. The summed E-state index contributed by atoms with van der Waals surface area (Å²) < 4.78 is 46.7. The molecule has 1 heterocycles. The number of benzene rings is 4. The number of amides is 1. The van der Waals surface area contributed by atoms with Gasteiger partial charge in [-0.1, -0.05) is 42.3 Å². The highest BCUT2D eigenvalue weighted by atomic mass is 19.1. The number of hydrogen-bond donors (Lipinski definition) is 2. The quantitative estimate of drug-likeness (QED) is 0.0265. The summed E-state index contributed by atoms with van der Waals surface area (Å²) in [5, 5.41) is 36.4. The first-order chi connectivity index (χ1) is 33.2. The number of fused-ring (bicyclic) bond motifs is 2. The number of nitro groups is 1. The van der Waals surface area contributed by atoms with E-state index in [1.54, 1.807) is 48.5 Å². The predicted molar refractivity (Wildman–Crippen MR) is 255 cm³/mol.